The van der Waals surface area contributed by atoms with Gasteiger partial charge in [0.15, 0.2) is 35.6 Å². The molecule has 14 nitrogen and oxygen atoms in total. The topological polar surface area (TPSA) is 185 Å². The van der Waals surface area contributed by atoms with Gasteiger partial charge in [0, 0.05) is 29.8 Å². The Morgan fingerprint density at radius 1 is 1.42 bits per heavy atom. The number of thiazole rings is 1. The molecule has 2 amide bonds. The molecule has 0 radical (unpaired) electrons. The standard InChI is InChI=1S/C22H21N9O5S2/c1-29-10-24-17(27-29)11-4-3-5-30(6-11)7-12-8-37-20-15(19(33)31(20)16(12)21(34)35)26-18(32)14(28-36-2)13-9-38-22(23)25-13/h3-6,9-10,15,20H,7-8H2,1-2H3,(H3-,23,25,26,32,34,35)/b28-14+/t15-,20-/m1/s1. The van der Waals surface area contributed by atoms with Crippen LogP contribution in [0.25, 0.3) is 11.4 Å². The van der Waals surface area contributed by atoms with E-state index in [2.05, 4.69) is 25.5 Å². The molecule has 1 fully saturated rings. The smallest absolute Gasteiger partial charge is 0.276 e. The maximum atomic E-state index is 13.0. The molecule has 5 heterocycles. The van der Waals surface area contributed by atoms with Crippen molar-refractivity contribution in [3.63, 3.8) is 0 Å². The molecular weight excluding hydrogens is 534 g/mol. The van der Waals surface area contributed by atoms with Crippen molar-refractivity contribution in [2.45, 2.75) is 18.0 Å². The number of nitrogens with two attached hydrogens (primary N) is 1. The number of fused-ring (bicyclic) bond motifs is 1. The van der Waals surface area contributed by atoms with Gasteiger partial charge in [-0.15, -0.1) is 23.1 Å². The van der Waals surface area contributed by atoms with Crippen LogP contribution < -0.4 is 20.7 Å². The van der Waals surface area contributed by atoms with Gasteiger partial charge in [0.05, 0.1) is 17.2 Å². The highest BCUT2D eigenvalue weighted by Gasteiger charge is 2.53. The van der Waals surface area contributed by atoms with Crippen molar-refractivity contribution in [1.82, 2.24) is 30.0 Å². The number of thioether (sulfide) groups is 1. The number of aliphatic carboxylic acids is 1. The van der Waals surface area contributed by atoms with Crippen LogP contribution in [0.1, 0.15) is 5.69 Å². The highest BCUT2D eigenvalue weighted by atomic mass is 32.2. The van der Waals surface area contributed by atoms with E-state index in [1.807, 2.05) is 6.07 Å². The lowest BCUT2D eigenvalue weighted by Crippen LogP contribution is -2.71. The van der Waals surface area contributed by atoms with Crippen LogP contribution in [0, 0.1) is 0 Å². The number of nitrogen functional groups attached to an aromatic ring is 1. The lowest BCUT2D eigenvalue weighted by atomic mass is 10.0. The molecule has 3 aromatic rings. The van der Waals surface area contributed by atoms with Gasteiger partial charge < -0.3 is 25.8 Å². The number of carboxylic acid groups (broad SMARTS) is 1. The van der Waals surface area contributed by atoms with Crippen LogP contribution in [0.4, 0.5) is 5.13 Å². The summed E-state index contributed by atoms with van der Waals surface area (Å²) in [5, 5.41) is 23.9. The third-order valence-corrected chi connectivity index (χ3v) is 7.79. The van der Waals surface area contributed by atoms with E-state index in [1.165, 1.54) is 24.3 Å². The predicted molar refractivity (Wildman–Crippen MR) is 134 cm³/mol. The van der Waals surface area contributed by atoms with Crippen LogP contribution in [0.5, 0.6) is 0 Å². The van der Waals surface area contributed by atoms with Gasteiger partial charge >= 0.3 is 0 Å². The van der Waals surface area contributed by atoms with E-state index in [0.717, 1.165) is 21.8 Å². The lowest BCUT2D eigenvalue weighted by molar-refractivity contribution is -0.688. The second kappa shape index (κ2) is 10.2. The van der Waals surface area contributed by atoms with Crippen molar-refractivity contribution in [2.24, 2.45) is 12.2 Å². The monoisotopic (exact) mass is 555 g/mol. The molecular formula is C22H21N9O5S2. The summed E-state index contributed by atoms with van der Waals surface area (Å²) in [5.41, 5.74) is 6.75. The number of nitrogens with zero attached hydrogens (tertiary/aromatic N) is 7. The van der Waals surface area contributed by atoms with E-state index in [1.54, 1.807) is 41.1 Å². The van der Waals surface area contributed by atoms with Gasteiger partial charge in [-0.3, -0.25) is 19.2 Å². The van der Waals surface area contributed by atoms with Crippen LogP contribution in [0.3, 0.4) is 0 Å². The number of carbonyl (C=O) groups excluding carboxylic acids is 3. The predicted octanol–water partition coefficient (Wildman–Crippen LogP) is -1.74. The molecule has 2 atom stereocenters. The normalized spacial score (nSPS) is 19.2. The molecule has 2 aliphatic heterocycles. The molecule has 5 rings (SSSR count). The first-order valence-corrected chi connectivity index (χ1v) is 13.1. The molecule has 38 heavy (non-hydrogen) atoms. The summed E-state index contributed by atoms with van der Waals surface area (Å²) in [6.45, 7) is 0.209. The second-order valence-corrected chi connectivity index (χ2v) is 10.3. The number of nitrogens with one attached hydrogen (secondary N) is 1. The summed E-state index contributed by atoms with van der Waals surface area (Å²) in [5.74, 6) is -1.90. The maximum Gasteiger partial charge on any atom is 0.276 e. The molecule has 0 saturated carbocycles. The van der Waals surface area contributed by atoms with Crippen molar-refractivity contribution >= 4 is 51.7 Å². The first kappa shape index (κ1) is 25.3. The number of β-lactam (4-membered cyclic amide) rings is 1. The Bertz CT molecular complexity index is 1500. The fraction of sp³-hybridized carbons (Fsp3) is 0.273. The summed E-state index contributed by atoms with van der Waals surface area (Å²) >= 11 is 2.46. The van der Waals surface area contributed by atoms with E-state index in [9.17, 15) is 19.5 Å². The Kier molecular flexibility index (Phi) is 6.81. The minimum absolute atomic E-state index is 0.150. The highest BCUT2D eigenvalue weighted by Crippen LogP contribution is 2.40. The van der Waals surface area contributed by atoms with Crippen molar-refractivity contribution < 1.29 is 28.9 Å². The molecule has 3 N–H and O–H groups in total. The summed E-state index contributed by atoms with van der Waals surface area (Å²) in [4.78, 5) is 52.3. The zero-order valence-corrected chi connectivity index (χ0v) is 21.7. The van der Waals surface area contributed by atoms with E-state index < -0.39 is 29.2 Å². The Hall–Kier alpha value is -4.31. The number of hydrogen-bond acceptors (Lipinski definition) is 12. The Labute approximate surface area is 223 Å². The molecule has 0 spiro atoms. The van der Waals surface area contributed by atoms with Crippen molar-refractivity contribution in [3.8, 4) is 11.4 Å². The fourth-order valence-corrected chi connectivity index (χ4v) is 6.02. The van der Waals surface area contributed by atoms with Crippen LogP contribution in [-0.2, 0) is 32.8 Å². The average Bonchev–Trinajstić information content (AvgIpc) is 3.53. The maximum absolute atomic E-state index is 13.0. The number of anilines is 1. The summed E-state index contributed by atoms with van der Waals surface area (Å²) in [6, 6.07) is 2.69. The molecule has 1 saturated heterocycles. The van der Waals surface area contributed by atoms with Gasteiger partial charge in [0.25, 0.3) is 11.8 Å². The number of aromatic nitrogens is 5. The fourth-order valence-electron chi connectivity index (χ4n) is 4.14. The number of rotatable bonds is 8. The van der Waals surface area contributed by atoms with Crippen LogP contribution >= 0.6 is 23.1 Å². The molecule has 196 valence electrons. The van der Waals surface area contributed by atoms with E-state index >= 15 is 0 Å². The minimum atomic E-state index is -1.47. The van der Waals surface area contributed by atoms with Gasteiger partial charge in [-0.2, -0.15) is 5.10 Å². The number of oxime groups is 1. The van der Waals surface area contributed by atoms with E-state index in [0.29, 0.717) is 17.2 Å². The van der Waals surface area contributed by atoms with Gasteiger partial charge in [-0.05, 0) is 6.07 Å². The van der Waals surface area contributed by atoms with Crippen molar-refractivity contribution in [3.05, 3.63) is 53.2 Å². The van der Waals surface area contributed by atoms with Crippen molar-refractivity contribution in [1.29, 1.82) is 0 Å². The second-order valence-electron chi connectivity index (χ2n) is 8.30. The third-order valence-electron chi connectivity index (χ3n) is 5.78. The first-order chi connectivity index (χ1) is 18.3. The molecule has 0 unspecified atom stereocenters. The van der Waals surface area contributed by atoms with Crippen LogP contribution in [0.2, 0.25) is 0 Å². The molecule has 2 aliphatic rings. The number of hydrogen-bond donors (Lipinski definition) is 2. The Morgan fingerprint density at radius 3 is 2.89 bits per heavy atom. The largest absolute Gasteiger partial charge is 0.543 e. The zero-order valence-electron chi connectivity index (χ0n) is 20.1. The van der Waals surface area contributed by atoms with Crippen LogP contribution in [0.15, 0.2) is 52.7 Å². The van der Waals surface area contributed by atoms with E-state index in [-0.39, 0.29) is 28.8 Å². The highest BCUT2D eigenvalue weighted by molar-refractivity contribution is 8.00. The molecule has 0 aromatic carbocycles. The van der Waals surface area contributed by atoms with Gasteiger partial charge in [-0.1, -0.05) is 5.16 Å². The number of aryl methyl sites for hydroxylation is 1. The summed E-state index contributed by atoms with van der Waals surface area (Å²) in [7, 11) is 3.04. The number of pyridine rings is 1. The van der Waals surface area contributed by atoms with Crippen LogP contribution in [-0.4, -0.2) is 72.4 Å². The van der Waals surface area contributed by atoms with Gasteiger partial charge in [0.2, 0.25) is 0 Å². The average molecular weight is 556 g/mol. The molecule has 0 bridgehead atoms. The number of carbonyl (C=O) groups is 3. The molecule has 3 aromatic heterocycles. The quantitative estimate of drug-likeness (QED) is 0.140. The first-order valence-electron chi connectivity index (χ1n) is 11.1. The summed E-state index contributed by atoms with van der Waals surface area (Å²) < 4.78 is 3.38. The molecule has 16 heteroatoms. The van der Waals surface area contributed by atoms with Gasteiger partial charge in [0.1, 0.15) is 30.5 Å². The minimum Gasteiger partial charge on any atom is -0.543 e. The summed E-state index contributed by atoms with van der Waals surface area (Å²) in [6.07, 6.45) is 5.17. The van der Waals surface area contributed by atoms with E-state index in [4.69, 9.17) is 10.6 Å². The third kappa shape index (κ3) is 4.70. The lowest BCUT2D eigenvalue weighted by Gasteiger charge is -2.50. The Morgan fingerprint density at radius 2 is 2.24 bits per heavy atom. The Balaban J connectivity index is 1.35. The molecule has 0 aliphatic carbocycles. The SMILES string of the molecule is CO/N=C(/C(=O)N[C@@H]1C(=O)N2C(C(=O)[O-])=C(C[n+]3cccc(-c4ncn(C)n4)c3)CS[C@H]12)c1csc(N)n1. The number of amides is 2. The van der Waals surface area contributed by atoms with Crippen molar-refractivity contribution in [2.75, 3.05) is 18.6 Å². The zero-order chi connectivity index (χ0) is 27.0. The van der Waals surface area contributed by atoms with Gasteiger partial charge in [-0.25, -0.2) is 14.5 Å². The number of carboxylic acids is 1.